The highest BCUT2D eigenvalue weighted by Crippen LogP contribution is 2.32. The smallest absolute Gasteiger partial charge is 0.152 e. The van der Waals surface area contributed by atoms with Gasteiger partial charge in [-0.3, -0.25) is 0 Å². The molecule has 0 saturated carbocycles. The first-order valence-corrected chi connectivity index (χ1v) is 5.78. The van der Waals surface area contributed by atoms with Gasteiger partial charge in [-0.25, -0.2) is 4.98 Å². The molecule has 1 saturated heterocycles. The van der Waals surface area contributed by atoms with Gasteiger partial charge in [0.05, 0.1) is 24.9 Å². The summed E-state index contributed by atoms with van der Waals surface area (Å²) in [5.74, 6) is 1.62. The lowest BCUT2D eigenvalue weighted by Gasteiger charge is -2.26. The number of hydrogen-bond donors (Lipinski definition) is 1. The maximum absolute atomic E-state index is 5.55. The van der Waals surface area contributed by atoms with Crippen LogP contribution in [0.2, 0.25) is 0 Å². The molecule has 2 aliphatic heterocycles. The van der Waals surface area contributed by atoms with E-state index < -0.39 is 0 Å². The molecule has 0 aromatic carbocycles. The lowest BCUT2D eigenvalue weighted by atomic mass is 10.0. The Morgan fingerprint density at radius 3 is 3.19 bits per heavy atom. The van der Waals surface area contributed by atoms with Crippen LogP contribution in [-0.4, -0.2) is 37.8 Å². The molecule has 4 nitrogen and oxygen atoms in total. The first kappa shape index (κ1) is 9.90. The van der Waals surface area contributed by atoms with Gasteiger partial charge in [-0.05, 0) is 19.1 Å². The number of anilines is 2. The Morgan fingerprint density at radius 1 is 1.44 bits per heavy atom. The molecular weight excluding hydrogens is 202 g/mol. The van der Waals surface area contributed by atoms with Crippen LogP contribution < -0.4 is 10.2 Å². The van der Waals surface area contributed by atoms with Gasteiger partial charge in [0.25, 0.3) is 0 Å². The first-order valence-electron chi connectivity index (χ1n) is 5.78. The van der Waals surface area contributed by atoms with Crippen LogP contribution in [0.4, 0.5) is 11.5 Å². The summed E-state index contributed by atoms with van der Waals surface area (Å²) in [5, 5.41) is 3.47. The molecule has 3 heterocycles. The van der Waals surface area contributed by atoms with E-state index in [1.54, 1.807) is 0 Å². The number of aryl methyl sites for hydroxylation is 1. The van der Waals surface area contributed by atoms with Gasteiger partial charge in [0.15, 0.2) is 5.82 Å². The zero-order chi connectivity index (χ0) is 11.1. The van der Waals surface area contributed by atoms with Crippen molar-refractivity contribution in [3.8, 4) is 0 Å². The highest BCUT2D eigenvalue weighted by molar-refractivity contribution is 5.67. The number of likely N-dealkylation sites (N-methyl/N-ethyl adjacent to an activating group) is 1. The summed E-state index contributed by atoms with van der Waals surface area (Å²) in [5.41, 5.74) is 2.20. The summed E-state index contributed by atoms with van der Waals surface area (Å²) in [6.07, 6.45) is 0. The number of nitrogens with one attached hydrogen (secondary N) is 1. The minimum absolute atomic E-state index is 0.461. The van der Waals surface area contributed by atoms with Crippen molar-refractivity contribution < 1.29 is 4.74 Å². The molecule has 3 rings (SSSR count). The zero-order valence-corrected chi connectivity index (χ0v) is 9.73. The minimum Gasteiger partial charge on any atom is -0.382 e. The molecule has 0 aliphatic carbocycles. The molecule has 1 N–H and O–H groups in total. The summed E-state index contributed by atoms with van der Waals surface area (Å²) >= 11 is 0. The van der Waals surface area contributed by atoms with E-state index in [0.29, 0.717) is 12.0 Å². The van der Waals surface area contributed by atoms with E-state index in [1.165, 1.54) is 0 Å². The predicted octanol–water partition coefficient (Wildman–Crippen LogP) is 1.27. The molecule has 4 heteroatoms. The third-order valence-electron chi connectivity index (χ3n) is 3.57. The van der Waals surface area contributed by atoms with Crippen LogP contribution in [0.1, 0.15) is 5.69 Å². The van der Waals surface area contributed by atoms with Crippen LogP contribution in [0.15, 0.2) is 12.1 Å². The van der Waals surface area contributed by atoms with Gasteiger partial charge in [-0.1, -0.05) is 0 Å². The Kier molecular flexibility index (Phi) is 2.24. The van der Waals surface area contributed by atoms with Crippen molar-refractivity contribution >= 4 is 11.5 Å². The fourth-order valence-electron chi connectivity index (χ4n) is 2.56. The van der Waals surface area contributed by atoms with Crippen LogP contribution in [0, 0.1) is 12.8 Å². The van der Waals surface area contributed by atoms with Crippen LogP contribution in [0.3, 0.4) is 0 Å². The maximum Gasteiger partial charge on any atom is 0.152 e. The normalized spacial score (nSPS) is 28.0. The van der Waals surface area contributed by atoms with Crippen molar-refractivity contribution in [3.05, 3.63) is 17.8 Å². The second-order valence-corrected chi connectivity index (χ2v) is 4.68. The Morgan fingerprint density at radius 2 is 2.31 bits per heavy atom. The van der Waals surface area contributed by atoms with E-state index in [1.807, 2.05) is 6.92 Å². The zero-order valence-electron chi connectivity index (χ0n) is 9.73. The van der Waals surface area contributed by atoms with Crippen molar-refractivity contribution in [2.24, 2.45) is 5.92 Å². The van der Waals surface area contributed by atoms with Crippen molar-refractivity contribution in [3.63, 3.8) is 0 Å². The molecule has 16 heavy (non-hydrogen) atoms. The highest BCUT2D eigenvalue weighted by atomic mass is 16.5. The number of pyridine rings is 1. The summed E-state index contributed by atoms with van der Waals surface area (Å²) in [4.78, 5) is 6.89. The molecular formula is C12H17N3O. The van der Waals surface area contributed by atoms with Gasteiger partial charge in [-0.15, -0.1) is 0 Å². The van der Waals surface area contributed by atoms with Gasteiger partial charge in [0.1, 0.15) is 0 Å². The number of nitrogens with zero attached hydrogens (tertiary/aromatic N) is 2. The lowest BCUT2D eigenvalue weighted by molar-refractivity contribution is 0.185. The van der Waals surface area contributed by atoms with Crippen LogP contribution in [0.5, 0.6) is 0 Å². The standard InChI is InChI=1S/C12H17N3O/c1-8-3-4-10-12(14-8)15(2)11-7-16-6-9(11)5-13-10/h3-4,9,11,13H,5-7H2,1-2H3. The topological polar surface area (TPSA) is 37.4 Å². The quantitative estimate of drug-likeness (QED) is 0.713. The molecule has 1 aromatic heterocycles. The van der Waals surface area contributed by atoms with E-state index in [0.717, 1.165) is 37.0 Å². The lowest BCUT2D eigenvalue weighted by Crippen LogP contribution is -2.38. The highest BCUT2D eigenvalue weighted by Gasteiger charge is 2.35. The Bertz CT molecular complexity index is 407. The number of fused-ring (bicyclic) bond motifs is 2. The molecule has 1 fully saturated rings. The molecule has 0 bridgehead atoms. The van der Waals surface area contributed by atoms with E-state index in [9.17, 15) is 0 Å². The number of rotatable bonds is 0. The third-order valence-corrected chi connectivity index (χ3v) is 3.57. The minimum atomic E-state index is 0.461. The van der Waals surface area contributed by atoms with Crippen molar-refractivity contribution in [2.45, 2.75) is 13.0 Å². The molecule has 0 spiro atoms. The second kappa shape index (κ2) is 3.63. The van der Waals surface area contributed by atoms with Crippen molar-refractivity contribution in [1.82, 2.24) is 4.98 Å². The van der Waals surface area contributed by atoms with Crippen molar-refractivity contribution in [1.29, 1.82) is 0 Å². The van der Waals surface area contributed by atoms with Gasteiger partial charge >= 0.3 is 0 Å². The average molecular weight is 219 g/mol. The Balaban J connectivity index is 2.02. The molecule has 86 valence electrons. The van der Waals surface area contributed by atoms with Gasteiger partial charge in [0, 0.05) is 25.2 Å². The van der Waals surface area contributed by atoms with Gasteiger partial charge in [-0.2, -0.15) is 0 Å². The average Bonchev–Trinajstić information content (AvgIpc) is 2.70. The molecule has 2 atom stereocenters. The summed E-state index contributed by atoms with van der Waals surface area (Å²) in [6.45, 7) is 4.68. The number of ether oxygens (including phenoxy) is 1. The largest absolute Gasteiger partial charge is 0.382 e. The molecule has 1 aromatic rings. The van der Waals surface area contributed by atoms with Crippen molar-refractivity contribution in [2.75, 3.05) is 37.0 Å². The number of aromatic nitrogens is 1. The van der Waals surface area contributed by atoms with Gasteiger partial charge in [0.2, 0.25) is 0 Å². The fraction of sp³-hybridized carbons (Fsp3) is 0.583. The molecule has 2 aliphatic rings. The summed E-state index contributed by atoms with van der Waals surface area (Å²) in [6, 6.07) is 4.64. The fourth-order valence-corrected chi connectivity index (χ4v) is 2.56. The summed E-state index contributed by atoms with van der Waals surface area (Å²) < 4.78 is 5.55. The second-order valence-electron chi connectivity index (χ2n) is 4.68. The molecule has 0 radical (unpaired) electrons. The SMILES string of the molecule is Cc1ccc2c(n1)N(C)C1COCC1CN2. The molecule has 2 unspecified atom stereocenters. The maximum atomic E-state index is 5.55. The predicted molar refractivity (Wildman–Crippen MR) is 64.0 cm³/mol. The Labute approximate surface area is 95.6 Å². The van der Waals surface area contributed by atoms with Crippen LogP contribution >= 0.6 is 0 Å². The van der Waals surface area contributed by atoms with E-state index in [-0.39, 0.29) is 0 Å². The molecule has 0 amide bonds. The first-order chi connectivity index (χ1) is 7.75. The third kappa shape index (κ3) is 1.45. The Hall–Kier alpha value is -1.29. The van der Waals surface area contributed by atoms with E-state index >= 15 is 0 Å². The van der Waals surface area contributed by atoms with Gasteiger partial charge < -0.3 is 15.0 Å². The number of hydrogen-bond acceptors (Lipinski definition) is 4. The monoisotopic (exact) mass is 219 g/mol. The van der Waals surface area contributed by atoms with Crippen LogP contribution in [0.25, 0.3) is 0 Å². The van der Waals surface area contributed by atoms with Crippen LogP contribution in [-0.2, 0) is 4.74 Å². The van der Waals surface area contributed by atoms with E-state index in [4.69, 9.17) is 4.74 Å². The summed E-state index contributed by atoms with van der Waals surface area (Å²) in [7, 11) is 2.12. The van der Waals surface area contributed by atoms with E-state index in [2.05, 4.69) is 34.4 Å².